The zero-order chi connectivity index (χ0) is 23.9. The Hall–Kier alpha value is -0.790. The molecule has 5 fully saturated rings. The zero-order valence-electron chi connectivity index (χ0n) is 22.5. The molecule has 186 valence electrons. The average Bonchev–Trinajstić information content (AvgIpc) is 3.32. The Kier molecular flexibility index (Phi) is 5.51. The van der Waals surface area contributed by atoms with Crippen molar-refractivity contribution in [3.05, 3.63) is 12.2 Å². The number of carbonyl (C=O) groups is 1. The van der Waals surface area contributed by atoms with Crippen LogP contribution in [0, 0.1) is 50.7 Å². The number of fused-ring (bicyclic) bond motifs is 2. The first-order valence-corrected chi connectivity index (χ1v) is 14.3. The van der Waals surface area contributed by atoms with E-state index in [0.29, 0.717) is 28.1 Å². The van der Waals surface area contributed by atoms with Gasteiger partial charge in [0.05, 0.1) is 0 Å². The summed E-state index contributed by atoms with van der Waals surface area (Å²) in [7, 11) is 0. The maximum Gasteiger partial charge on any atom is 0.293 e. The van der Waals surface area contributed by atoms with Crippen LogP contribution in [-0.4, -0.2) is 12.6 Å². The summed E-state index contributed by atoms with van der Waals surface area (Å²) >= 11 is 0. The average molecular weight is 455 g/mol. The molecular weight excluding hydrogens is 404 g/mol. The Balaban J connectivity index is 1.38. The summed E-state index contributed by atoms with van der Waals surface area (Å²) < 4.78 is 5.65. The monoisotopic (exact) mass is 454 g/mol. The molecule has 33 heavy (non-hydrogen) atoms. The van der Waals surface area contributed by atoms with Crippen LogP contribution in [0.5, 0.6) is 0 Å². The molecule has 2 heteroatoms. The van der Waals surface area contributed by atoms with Crippen LogP contribution in [0.1, 0.15) is 119 Å². The Morgan fingerprint density at radius 1 is 0.939 bits per heavy atom. The van der Waals surface area contributed by atoms with Gasteiger partial charge < -0.3 is 4.74 Å². The van der Waals surface area contributed by atoms with Crippen molar-refractivity contribution in [3.63, 3.8) is 0 Å². The van der Waals surface area contributed by atoms with Gasteiger partial charge in [0.15, 0.2) is 0 Å². The van der Waals surface area contributed by atoms with Gasteiger partial charge >= 0.3 is 0 Å². The van der Waals surface area contributed by atoms with Crippen molar-refractivity contribution in [2.75, 3.05) is 0 Å². The lowest BCUT2D eigenvalue weighted by atomic mass is 9.42. The molecule has 0 aromatic rings. The van der Waals surface area contributed by atoms with E-state index in [2.05, 4.69) is 41.5 Å². The molecule has 5 aliphatic carbocycles. The molecule has 0 bridgehead atoms. The van der Waals surface area contributed by atoms with Gasteiger partial charge in [0.25, 0.3) is 6.47 Å². The topological polar surface area (TPSA) is 26.3 Å². The minimum Gasteiger partial charge on any atom is -0.464 e. The molecule has 0 radical (unpaired) electrons. The van der Waals surface area contributed by atoms with Crippen LogP contribution in [0.3, 0.4) is 0 Å². The Labute approximate surface area is 203 Å². The van der Waals surface area contributed by atoms with E-state index in [-0.39, 0.29) is 11.5 Å². The van der Waals surface area contributed by atoms with Gasteiger partial charge in [-0.2, -0.15) is 0 Å². The second-order valence-electron chi connectivity index (χ2n) is 14.6. The SMILES string of the molecule is C=C(CCCC(C)C)C1CCC2(C)C3CCC4C(C)(C)C(OC=O)CCC45CC35CCC12C. The van der Waals surface area contributed by atoms with Crippen LogP contribution in [0.25, 0.3) is 0 Å². The molecule has 8 atom stereocenters. The zero-order valence-corrected chi connectivity index (χ0v) is 22.5. The first kappa shape index (κ1) is 23.9. The summed E-state index contributed by atoms with van der Waals surface area (Å²) in [6.07, 6.45) is 16.2. The maximum absolute atomic E-state index is 11.2. The van der Waals surface area contributed by atoms with Crippen molar-refractivity contribution in [2.45, 2.75) is 125 Å². The molecule has 5 saturated carbocycles. The number of carbonyl (C=O) groups excluding carboxylic acids is 1. The molecule has 5 rings (SSSR count). The fraction of sp³-hybridized carbons (Fsp3) is 0.903. The van der Waals surface area contributed by atoms with Crippen LogP contribution in [-0.2, 0) is 9.53 Å². The lowest BCUT2D eigenvalue weighted by Crippen LogP contribution is -2.57. The summed E-state index contributed by atoms with van der Waals surface area (Å²) in [5.74, 6) is 3.13. The van der Waals surface area contributed by atoms with Crippen LogP contribution in [0.4, 0.5) is 0 Å². The van der Waals surface area contributed by atoms with Crippen LogP contribution in [0.2, 0.25) is 0 Å². The quantitative estimate of drug-likeness (QED) is 0.285. The largest absolute Gasteiger partial charge is 0.464 e. The molecule has 0 aliphatic heterocycles. The minimum absolute atomic E-state index is 0.106. The first-order chi connectivity index (χ1) is 15.5. The van der Waals surface area contributed by atoms with Crippen LogP contribution in [0.15, 0.2) is 12.2 Å². The van der Waals surface area contributed by atoms with Crippen molar-refractivity contribution < 1.29 is 9.53 Å². The van der Waals surface area contributed by atoms with Gasteiger partial charge in [0.1, 0.15) is 6.10 Å². The van der Waals surface area contributed by atoms with Gasteiger partial charge in [0, 0.05) is 5.41 Å². The number of hydrogen-bond acceptors (Lipinski definition) is 2. The van der Waals surface area contributed by atoms with E-state index in [1.807, 2.05) is 0 Å². The van der Waals surface area contributed by atoms with E-state index in [9.17, 15) is 4.79 Å². The predicted molar refractivity (Wildman–Crippen MR) is 136 cm³/mol. The molecule has 0 saturated heterocycles. The van der Waals surface area contributed by atoms with Crippen molar-refractivity contribution in [1.82, 2.24) is 0 Å². The van der Waals surface area contributed by atoms with E-state index in [1.165, 1.54) is 70.6 Å². The van der Waals surface area contributed by atoms with Crippen molar-refractivity contribution in [2.24, 2.45) is 50.7 Å². The standard InChI is InChI=1S/C31H50O2/c1-21(2)9-8-10-22(3)23-13-15-29(7)25-12-11-24-27(4,5)26(33-20-32)14-16-30(24)19-31(25,30)18-17-28(23,29)6/h20-21,23-26H,3,8-19H2,1-2,4-7H3. The van der Waals surface area contributed by atoms with E-state index < -0.39 is 0 Å². The second kappa shape index (κ2) is 7.60. The summed E-state index contributed by atoms with van der Waals surface area (Å²) in [6, 6.07) is 0. The van der Waals surface area contributed by atoms with E-state index in [1.54, 1.807) is 5.57 Å². The lowest BCUT2D eigenvalue weighted by molar-refractivity contribution is -0.172. The molecule has 2 spiro atoms. The highest BCUT2D eigenvalue weighted by Crippen LogP contribution is 2.89. The molecule has 0 amide bonds. The molecule has 0 aromatic carbocycles. The normalized spacial score (nSPS) is 49.4. The summed E-state index contributed by atoms with van der Waals surface area (Å²) in [5.41, 5.74) is 3.68. The van der Waals surface area contributed by atoms with Crippen molar-refractivity contribution >= 4 is 6.47 Å². The second-order valence-corrected chi connectivity index (χ2v) is 14.6. The van der Waals surface area contributed by atoms with Gasteiger partial charge in [-0.25, -0.2) is 0 Å². The fourth-order valence-corrected chi connectivity index (χ4v) is 11.2. The minimum atomic E-state index is 0.106. The maximum atomic E-state index is 11.2. The van der Waals surface area contributed by atoms with E-state index in [4.69, 9.17) is 11.3 Å². The summed E-state index contributed by atoms with van der Waals surface area (Å²) in [6.45, 7) is 20.3. The highest BCUT2D eigenvalue weighted by molar-refractivity contribution is 5.38. The smallest absolute Gasteiger partial charge is 0.293 e. The predicted octanol–water partition coefficient (Wildman–Crippen LogP) is 8.35. The van der Waals surface area contributed by atoms with Crippen molar-refractivity contribution in [1.29, 1.82) is 0 Å². The van der Waals surface area contributed by atoms with Crippen LogP contribution >= 0.6 is 0 Å². The highest BCUT2D eigenvalue weighted by atomic mass is 16.5. The fourth-order valence-electron chi connectivity index (χ4n) is 11.2. The first-order valence-electron chi connectivity index (χ1n) is 14.3. The van der Waals surface area contributed by atoms with Gasteiger partial charge in [0.2, 0.25) is 0 Å². The molecule has 0 aromatic heterocycles. The third-order valence-corrected chi connectivity index (χ3v) is 13.0. The molecule has 0 N–H and O–H groups in total. The molecule has 5 aliphatic rings. The highest BCUT2D eigenvalue weighted by Gasteiger charge is 2.82. The van der Waals surface area contributed by atoms with E-state index >= 15 is 0 Å². The molecule has 2 nitrogen and oxygen atoms in total. The molecular formula is C31H50O2. The molecule has 0 heterocycles. The third-order valence-electron chi connectivity index (χ3n) is 13.0. The van der Waals surface area contributed by atoms with Gasteiger partial charge in [-0.3, -0.25) is 4.79 Å². The van der Waals surface area contributed by atoms with Gasteiger partial charge in [-0.05, 0) is 116 Å². The van der Waals surface area contributed by atoms with Gasteiger partial charge in [-0.15, -0.1) is 0 Å². The number of ether oxygens (including phenoxy) is 1. The number of allylic oxidation sites excluding steroid dienone is 1. The van der Waals surface area contributed by atoms with Crippen molar-refractivity contribution in [3.8, 4) is 0 Å². The lowest BCUT2D eigenvalue weighted by Gasteiger charge is -2.63. The summed E-state index contributed by atoms with van der Waals surface area (Å²) in [5, 5.41) is 0. The Morgan fingerprint density at radius 2 is 1.64 bits per heavy atom. The number of rotatable bonds is 7. The Bertz CT molecular complexity index is 812. The van der Waals surface area contributed by atoms with Crippen LogP contribution < -0.4 is 0 Å². The third kappa shape index (κ3) is 3.00. The molecule has 8 unspecified atom stereocenters. The summed E-state index contributed by atoms with van der Waals surface area (Å²) in [4.78, 5) is 11.2. The van der Waals surface area contributed by atoms with Gasteiger partial charge in [-0.1, -0.05) is 60.1 Å². The Morgan fingerprint density at radius 3 is 2.33 bits per heavy atom. The van der Waals surface area contributed by atoms with E-state index in [0.717, 1.165) is 30.1 Å². The number of hydrogen-bond donors (Lipinski definition) is 0.